The van der Waals surface area contributed by atoms with E-state index in [1.54, 1.807) is 6.92 Å². The van der Waals surface area contributed by atoms with Gasteiger partial charge in [0.25, 0.3) is 5.89 Å². The largest absolute Gasteiger partial charge is 0.481 e. The van der Waals surface area contributed by atoms with Crippen LogP contribution in [0.2, 0.25) is 0 Å². The van der Waals surface area contributed by atoms with Gasteiger partial charge in [-0.25, -0.2) is 4.79 Å². The third kappa shape index (κ3) is 4.36. The van der Waals surface area contributed by atoms with Gasteiger partial charge in [-0.2, -0.15) is 0 Å². The highest BCUT2D eigenvalue weighted by atomic mass is 79.9. The fraction of sp³-hybridized carbons (Fsp3) is 0.174. The van der Waals surface area contributed by atoms with Gasteiger partial charge in [-0.1, -0.05) is 48.0 Å². The first kappa shape index (κ1) is 20.1. The molecule has 0 fully saturated rings. The summed E-state index contributed by atoms with van der Waals surface area (Å²) in [6, 6.07) is 19.4. The molecule has 1 atom stereocenters. The number of fused-ring (bicyclic) bond motifs is 1. The van der Waals surface area contributed by atoms with Gasteiger partial charge in [0.1, 0.15) is 5.75 Å². The summed E-state index contributed by atoms with van der Waals surface area (Å²) >= 11 is 3.54. The number of carbonyl (C=O) groups is 1. The molecule has 0 saturated carbocycles. The number of rotatable bonds is 6. The zero-order chi connectivity index (χ0) is 21.1. The lowest BCUT2D eigenvalue weighted by atomic mass is 10.1. The van der Waals surface area contributed by atoms with Gasteiger partial charge >= 0.3 is 5.97 Å². The molecule has 0 spiro atoms. The van der Waals surface area contributed by atoms with Crippen LogP contribution in [0.15, 0.2) is 69.6 Å². The number of benzene rings is 3. The summed E-state index contributed by atoms with van der Waals surface area (Å²) in [7, 11) is 0. The number of aromatic nitrogens is 2. The smallest absolute Gasteiger partial charge is 0.344 e. The molecule has 7 heteroatoms. The molecule has 3 aromatic carbocycles. The molecule has 0 bridgehead atoms. The predicted octanol–water partition coefficient (Wildman–Crippen LogP) is 5.64. The predicted molar refractivity (Wildman–Crippen MR) is 116 cm³/mol. The van der Waals surface area contributed by atoms with Crippen molar-refractivity contribution in [1.29, 1.82) is 0 Å². The molecule has 1 aromatic heterocycles. The van der Waals surface area contributed by atoms with Crippen molar-refractivity contribution in [3.63, 3.8) is 0 Å². The number of ether oxygens (including phenoxy) is 2. The van der Waals surface area contributed by atoms with Crippen LogP contribution < -0.4 is 4.74 Å². The fourth-order valence-corrected chi connectivity index (χ4v) is 3.56. The van der Waals surface area contributed by atoms with Crippen LogP contribution in [0, 0.1) is 6.92 Å². The van der Waals surface area contributed by atoms with Crippen molar-refractivity contribution >= 4 is 32.7 Å². The van der Waals surface area contributed by atoms with Crippen LogP contribution in [0.3, 0.4) is 0 Å². The lowest BCUT2D eigenvalue weighted by molar-refractivity contribution is -0.152. The van der Waals surface area contributed by atoms with E-state index in [4.69, 9.17) is 13.9 Å². The summed E-state index contributed by atoms with van der Waals surface area (Å²) in [5.41, 5.74) is 1.95. The average Bonchev–Trinajstić information content (AvgIpc) is 3.24. The van der Waals surface area contributed by atoms with Crippen LogP contribution in [-0.2, 0) is 9.53 Å². The third-order valence-corrected chi connectivity index (χ3v) is 5.39. The van der Waals surface area contributed by atoms with Gasteiger partial charge in [0.2, 0.25) is 5.89 Å². The molecule has 0 radical (unpaired) electrons. The summed E-state index contributed by atoms with van der Waals surface area (Å²) in [6.07, 6.45) is -0.687. The molecule has 0 saturated heterocycles. The highest BCUT2D eigenvalue weighted by Gasteiger charge is 2.20. The topological polar surface area (TPSA) is 74.5 Å². The first-order valence-electron chi connectivity index (χ1n) is 9.41. The van der Waals surface area contributed by atoms with E-state index >= 15 is 0 Å². The molecule has 152 valence electrons. The molecule has 1 heterocycles. The van der Waals surface area contributed by atoms with E-state index in [1.807, 2.05) is 67.6 Å². The molecule has 0 aliphatic carbocycles. The molecule has 1 unspecified atom stereocenters. The normalized spacial score (nSPS) is 12.0. The Labute approximate surface area is 182 Å². The molecule has 30 heavy (non-hydrogen) atoms. The minimum absolute atomic E-state index is 0.228. The molecular weight excluding hydrogens is 448 g/mol. The molecule has 6 nitrogen and oxygen atoms in total. The maximum Gasteiger partial charge on any atom is 0.344 e. The second kappa shape index (κ2) is 8.67. The Morgan fingerprint density at radius 2 is 1.83 bits per heavy atom. The minimum atomic E-state index is -0.687. The van der Waals surface area contributed by atoms with Gasteiger partial charge in [0.15, 0.2) is 12.7 Å². The van der Waals surface area contributed by atoms with Crippen molar-refractivity contribution in [2.24, 2.45) is 0 Å². The van der Waals surface area contributed by atoms with E-state index in [0.29, 0.717) is 11.6 Å². The van der Waals surface area contributed by atoms with Gasteiger partial charge < -0.3 is 13.9 Å². The fourth-order valence-electron chi connectivity index (χ4n) is 2.95. The molecule has 0 aliphatic rings. The zero-order valence-corrected chi connectivity index (χ0v) is 18.0. The van der Waals surface area contributed by atoms with Crippen molar-refractivity contribution in [3.05, 3.63) is 76.6 Å². The number of carbonyl (C=O) groups excluding carboxylic acids is 1. The van der Waals surface area contributed by atoms with Crippen LogP contribution in [0.1, 0.15) is 24.5 Å². The van der Waals surface area contributed by atoms with Gasteiger partial charge in [0, 0.05) is 5.56 Å². The summed E-state index contributed by atoms with van der Waals surface area (Å²) in [4.78, 5) is 12.2. The minimum Gasteiger partial charge on any atom is -0.481 e. The van der Waals surface area contributed by atoms with E-state index in [1.165, 1.54) is 0 Å². The van der Waals surface area contributed by atoms with Gasteiger partial charge in [0.05, 0.1) is 4.47 Å². The third-order valence-electron chi connectivity index (χ3n) is 4.57. The maximum atomic E-state index is 12.2. The summed E-state index contributed by atoms with van der Waals surface area (Å²) in [5.74, 6) is 0.644. The number of halogens is 1. The quantitative estimate of drug-likeness (QED) is 0.342. The molecule has 4 aromatic rings. The SMILES string of the molecule is Cc1ccc(-c2nnc(C(C)OC(=O)COc3ccc4ccccc4c3Br)o2)cc1. The Morgan fingerprint density at radius 1 is 1.07 bits per heavy atom. The van der Waals surface area contributed by atoms with E-state index < -0.39 is 12.1 Å². The Hall–Kier alpha value is -3.19. The zero-order valence-electron chi connectivity index (χ0n) is 16.5. The Bertz CT molecular complexity index is 1190. The van der Waals surface area contributed by atoms with Crippen LogP contribution in [-0.4, -0.2) is 22.8 Å². The number of hydrogen-bond acceptors (Lipinski definition) is 6. The molecule has 0 aliphatic heterocycles. The van der Waals surface area contributed by atoms with Crippen molar-refractivity contribution < 1.29 is 18.7 Å². The van der Waals surface area contributed by atoms with Crippen molar-refractivity contribution in [3.8, 4) is 17.2 Å². The van der Waals surface area contributed by atoms with Crippen LogP contribution >= 0.6 is 15.9 Å². The number of nitrogens with zero attached hydrogens (tertiary/aromatic N) is 2. The van der Waals surface area contributed by atoms with Crippen LogP contribution in [0.25, 0.3) is 22.2 Å². The lowest BCUT2D eigenvalue weighted by Gasteiger charge is -2.12. The highest BCUT2D eigenvalue weighted by molar-refractivity contribution is 9.10. The van der Waals surface area contributed by atoms with E-state index in [0.717, 1.165) is 26.4 Å². The Morgan fingerprint density at radius 3 is 2.63 bits per heavy atom. The van der Waals surface area contributed by atoms with Crippen LogP contribution in [0.4, 0.5) is 0 Å². The van der Waals surface area contributed by atoms with Gasteiger partial charge in [-0.3, -0.25) is 0 Å². The van der Waals surface area contributed by atoms with E-state index in [2.05, 4.69) is 26.1 Å². The second-order valence-electron chi connectivity index (χ2n) is 6.83. The highest BCUT2D eigenvalue weighted by Crippen LogP contribution is 2.33. The average molecular weight is 467 g/mol. The van der Waals surface area contributed by atoms with Gasteiger partial charge in [-0.05, 0) is 58.7 Å². The van der Waals surface area contributed by atoms with Crippen molar-refractivity contribution in [1.82, 2.24) is 10.2 Å². The molecule has 0 amide bonds. The molecule has 4 rings (SSSR count). The van der Waals surface area contributed by atoms with Crippen LogP contribution in [0.5, 0.6) is 5.75 Å². The van der Waals surface area contributed by atoms with Crippen molar-refractivity contribution in [2.75, 3.05) is 6.61 Å². The number of esters is 1. The van der Waals surface area contributed by atoms with Crippen molar-refractivity contribution in [2.45, 2.75) is 20.0 Å². The summed E-state index contributed by atoms with van der Waals surface area (Å²) < 4.78 is 17.5. The first-order chi connectivity index (χ1) is 14.5. The Kier molecular flexibility index (Phi) is 5.81. The maximum absolute atomic E-state index is 12.2. The molecular formula is C23H19BrN2O4. The number of aryl methyl sites for hydroxylation is 1. The second-order valence-corrected chi connectivity index (χ2v) is 7.62. The standard InChI is InChI=1S/C23H19BrN2O4/c1-14-7-9-17(10-8-14)23-26-25-22(30-23)15(2)29-20(27)13-28-19-12-11-16-5-3-4-6-18(16)21(19)24/h3-12,15H,13H2,1-2H3. The Balaban J connectivity index is 1.37. The number of hydrogen-bond donors (Lipinski definition) is 0. The first-order valence-corrected chi connectivity index (χ1v) is 10.2. The summed E-state index contributed by atoms with van der Waals surface area (Å²) in [6.45, 7) is 3.44. The summed E-state index contributed by atoms with van der Waals surface area (Å²) in [5, 5.41) is 10.1. The van der Waals surface area contributed by atoms with Gasteiger partial charge in [-0.15, -0.1) is 10.2 Å². The monoisotopic (exact) mass is 466 g/mol. The van der Waals surface area contributed by atoms with E-state index in [9.17, 15) is 4.79 Å². The molecule has 0 N–H and O–H groups in total. The lowest BCUT2D eigenvalue weighted by Crippen LogP contribution is -2.17. The van der Waals surface area contributed by atoms with E-state index in [-0.39, 0.29) is 12.5 Å².